The van der Waals surface area contributed by atoms with Crippen LogP contribution in [0.25, 0.3) is 11.0 Å². The molecule has 2 heterocycles. The molecule has 0 radical (unpaired) electrons. The molecular weight excluding hydrogens is 302 g/mol. The van der Waals surface area contributed by atoms with Gasteiger partial charge >= 0.3 is 0 Å². The van der Waals surface area contributed by atoms with Crippen molar-refractivity contribution in [2.45, 2.75) is 46.2 Å². The summed E-state index contributed by atoms with van der Waals surface area (Å²) in [7, 11) is 0. The van der Waals surface area contributed by atoms with Gasteiger partial charge in [-0.1, -0.05) is 0 Å². The lowest BCUT2D eigenvalue weighted by Gasteiger charge is -2.19. The Morgan fingerprint density at radius 2 is 2.08 bits per heavy atom. The Kier molecular flexibility index (Phi) is 3.91. The second-order valence-corrected chi connectivity index (χ2v) is 7.11. The molecule has 0 spiro atoms. The molecule has 0 aliphatic carbocycles. The van der Waals surface area contributed by atoms with Crippen molar-refractivity contribution in [1.82, 2.24) is 25.1 Å². The van der Waals surface area contributed by atoms with E-state index in [1.54, 1.807) is 12.4 Å². The van der Waals surface area contributed by atoms with Crippen molar-refractivity contribution < 1.29 is 4.79 Å². The predicted molar refractivity (Wildman–Crippen MR) is 93.9 cm³/mol. The zero-order valence-corrected chi connectivity index (χ0v) is 14.7. The van der Waals surface area contributed by atoms with Crippen LogP contribution in [-0.4, -0.2) is 25.7 Å². The third kappa shape index (κ3) is 3.04. The first-order valence-corrected chi connectivity index (χ1v) is 8.06. The van der Waals surface area contributed by atoms with Gasteiger partial charge in [0.1, 0.15) is 0 Å². The summed E-state index contributed by atoms with van der Waals surface area (Å²) in [4.78, 5) is 19.7. The van der Waals surface area contributed by atoms with Crippen LogP contribution in [0.15, 0.2) is 30.7 Å². The van der Waals surface area contributed by atoms with Crippen LogP contribution in [0.4, 0.5) is 0 Å². The zero-order chi connectivity index (χ0) is 17.5. The number of aryl methyl sites for hydroxylation is 1. The number of H-pyrrole nitrogens is 1. The van der Waals surface area contributed by atoms with Crippen molar-refractivity contribution in [3.8, 4) is 0 Å². The van der Waals surface area contributed by atoms with Gasteiger partial charge in [-0.2, -0.15) is 5.10 Å². The van der Waals surface area contributed by atoms with Crippen molar-refractivity contribution in [2.24, 2.45) is 0 Å². The lowest BCUT2D eigenvalue weighted by molar-refractivity contribution is 0.0940. The molecule has 1 atom stereocenters. The largest absolute Gasteiger partial charge is 0.345 e. The number of hydrogen-bond acceptors (Lipinski definition) is 3. The van der Waals surface area contributed by atoms with Crippen LogP contribution in [0.2, 0.25) is 0 Å². The fourth-order valence-corrected chi connectivity index (χ4v) is 2.68. The highest BCUT2D eigenvalue weighted by Crippen LogP contribution is 2.21. The number of hydrogen-bond donors (Lipinski definition) is 2. The number of aromatic nitrogens is 4. The lowest BCUT2D eigenvalue weighted by atomic mass is 10.1. The monoisotopic (exact) mass is 325 g/mol. The molecule has 2 N–H and O–H groups in total. The molecule has 0 aliphatic heterocycles. The number of amides is 1. The number of benzene rings is 1. The maximum atomic E-state index is 12.5. The van der Waals surface area contributed by atoms with Gasteiger partial charge in [-0.05, 0) is 52.8 Å². The number of fused-ring (bicyclic) bond motifs is 1. The second kappa shape index (κ2) is 5.78. The molecule has 0 bridgehead atoms. The number of rotatable bonds is 3. The molecule has 0 saturated carbocycles. The third-order valence-electron chi connectivity index (χ3n) is 4.12. The minimum absolute atomic E-state index is 0.0849. The molecular formula is C18H23N5O. The Morgan fingerprint density at radius 3 is 2.75 bits per heavy atom. The van der Waals surface area contributed by atoms with E-state index in [0.717, 1.165) is 22.3 Å². The van der Waals surface area contributed by atoms with E-state index in [9.17, 15) is 4.79 Å². The molecule has 2 aromatic heterocycles. The standard InChI is InChI=1S/C18H23N5O/c1-11(14-9-23(18(3,4)5)22-12(14)2)21-17(24)13-6-7-15-16(8-13)20-10-19-15/h6-11H,1-5H3,(H,19,20)(H,21,24)/t11-/m0/s1. The molecule has 0 saturated heterocycles. The molecule has 126 valence electrons. The van der Waals surface area contributed by atoms with E-state index in [4.69, 9.17) is 0 Å². The van der Waals surface area contributed by atoms with E-state index < -0.39 is 0 Å². The van der Waals surface area contributed by atoms with Crippen LogP contribution >= 0.6 is 0 Å². The van der Waals surface area contributed by atoms with Crippen LogP contribution in [0.3, 0.4) is 0 Å². The topological polar surface area (TPSA) is 75.6 Å². The van der Waals surface area contributed by atoms with Crippen molar-refractivity contribution in [1.29, 1.82) is 0 Å². The van der Waals surface area contributed by atoms with Gasteiger partial charge < -0.3 is 10.3 Å². The Hall–Kier alpha value is -2.63. The molecule has 1 aromatic carbocycles. The number of aromatic amines is 1. The highest BCUT2D eigenvalue weighted by Gasteiger charge is 2.20. The summed E-state index contributed by atoms with van der Waals surface area (Å²) in [5, 5.41) is 7.62. The zero-order valence-electron chi connectivity index (χ0n) is 14.7. The minimum atomic E-state index is -0.119. The average Bonchev–Trinajstić information content (AvgIpc) is 3.11. The van der Waals surface area contributed by atoms with E-state index in [1.165, 1.54) is 0 Å². The maximum absolute atomic E-state index is 12.5. The molecule has 3 aromatic rings. The van der Waals surface area contributed by atoms with Gasteiger partial charge in [0.15, 0.2) is 0 Å². The van der Waals surface area contributed by atoms with Crippen molar-refractivity contribution in [3.63, 3.8) is 0 Å². The smallest absolute Gasteiger partial charge is 0.251 e. The van der Waals surface area contributed by atoms with Gasteiger partial charge in [-0.3, -0.25) is 9.48 Å². The van der Waals surface area contributed by atoms with Crippen LogP contribution < -0.4 is 5.32 Å². The van der Waals surface area contributed by atoms with E-state index in [0.29, 0.717) is 5.56 Å². The maximum Gasteiger partial charge on any atom is 0.251 e. The quantitative estimate of drug-likeness (QED) is 0.775. The summed E-state index contributed by atoms with van der Waals surface area (Å²) >= 11 is 0. The Labute approximate surface area is 141 Å². The Bertz CT molecular complexity index is 884. The van der Waals surface area contributed by atoms with Gasteiger partial charge in [-0.15, -0.1) is 0 Å². The summed E-state index contributed by atoms with van der Waals surface area (Å²) in [5.74, 6) is -0.109. The molecule has 0 aliphatic rings. The summed E-state index contributed by atoms with van der Waals surface area (Å²) in [6.45, 7) is 10.3. The second-order valence-electron chi connectivity index (χ2n) is 7.11. The highest BCUT2D eigenvalue weighted by atomic mass is 16.1. The van der Waals surface area contributed by atoms with Gasteiger partial charge in [0.2, 0.25) is 0 Å². The molecule has 6 heteroatoms. The van der Waals surface area contributed by atoms with Crippen molar-refractivity contribution >= 4 is 16.9 Å². The number of nitrogens with zero attached hydrogens (tertiary/aromatic N) is 3. The summed E-state index contributed by atoms with van der Waals surface area (Å²) in [5.41, 5.74) is 4.19. The third-order valence-corrected chi connectivity index (χ3v) is 4.12. The first-order valence-electron chi connectivity index (χ1n) is 8.06. The van der Waals surface area contributed by atoms with Crippen molar-refractivity contribution in [3.05, 3.63) is 47.5 Å². The Balaban J connectivity index is 1.80. The molecule has 0 fully saturated rings. The minimum Gasteiger partial charge on any atom is -0.345 e. The molecule has 1 amide bonds. The average molecular weight is 325 g/mol. The normalized spacial score (nSPS) is 13.2. The lowest BCUT2D eigenvalue weighted by Crippen LogP contribution is -2.27. The molecule has 0 unspecified atom stereocenters. The number of carbonyl (C=O) groups is 1. The molecule has 24 heavy (non-hydrogen) atoms. The fraction of sp³-hybridized carbons (Fsp3) is 0.389. The molecule has 6 nitrogen and oxygen atoms in total. The summed E-state index contributed by atoms with van der Waals surface area (Å²) in [6.07, 6.45) is 3.64. The number of nitrogens with one attached hydrogen (secondary N) is 2. The number of imidazole rings is 1. The van der Waals surface area contributed by atoms with E-state index in [1.807, 2.05) is 36.9 Å². The summed E-state index contributed by atoms with van der Waals surface area (Å²) < 4.78 is 1.94. The van der Waals surface area contributed by atoms with Crippen LogP contribution in [-0.2, 0) is 5.54 Å². The first kappa shape index (κ1) is 16.2. The van der Waals surface area contributed by atoms with Gasteiger partial charge in [0.05, 0.1) is 34.6 Å². The van der Waals surface area contributed by atoms with E-state index in [-0.39, 0.29) is 17.5 Å². The number of carbonyl (C=O) groups excluding carboxylic acids is 1. The highest BCUT2D eigenvalue weighted by molar-refractivity contribution is 5.97. The van der Waals surface area contributed by atoms with Gasteiger partial charge in [0, 0.05) is 17.3 Å². The SMILES string of the molecule is Cc1nn(C(C)(C)C)cc1[C@H](C)NC(=O)c1ccc2nc[nH]c2c1. The first-order chi connectivity index (χ1) is 11.3. The van der Waals surface area contributed by atoms with Gasteiger partial charge in [-0.25, -0.2) is 4.98 Å². The van der Waals surface area contributed by atoms with Crippen molar-refractivity contribution in [2.75, 3.05) is 0 Å². The molecule has 3 rings (SSSR count). The Morgan fingerprint density at radius 1 is 1.33 bits per heavy atom. The van der Waals surface area contributed by atoms with E-state index in [2.05, 4.69) is 41.2 Å². The predicted octanol–water partition coefficient (Wildman–Crippen LogP) is 3.31. The van der Waals surface area contributed by atoms with Crippen LogP contribution in [0, 0.1) is 6.92 Å². The van der Waals surface area contributed by atoms with Crippen LogP contribution in [0.1, 0.15) is 55.4 Å². The fourth-order valence-electron chi connectivity index (χ4n) is 2.68. The van der Waals surface area contributed by atoms with E-state index >= 15 is 0 Å². The van der Waals surface area contributed by atoms with Gasteiger partial charge in [0.25, 0.3) is 5.91 Å². The summed E-state index contributed by atoms with van der Waals surface area (Å²) in [6, 6.07) is 5.33. The van der Waals surface area contributed by atoms with Crippen LogP contribution in [0.5, 0.6) is 0 Å².